The van der Waals surface area contributed by atoms with Crippen LogP contribution in [-0.4, -0.2) is 51.2 Å². The van der Waals surface area contributed by atoms with E-state index in [1.165, 1.54) is 12.0 Å². The molecule has 0 saturated carbocycles. The van der Waals surface area contributed by atoms with Crippen LogP contribution in [-0.2, 0) is 16.0 Å². The Morgan fingerprint density at radius 3 is 3.04 bits per heavy atom. The SMILES string of the molecule is CNCC1CCCN(C(=O)C(CCOC)Cc2cccc(Br)c2)C1. The van der Waals surface area contributed by atoms with Crippen molar-refractivity contribution >= 4 is 21.8 Å². The van der Waals surface area contributed by atoms with Gasteiger partial charge in [0.2, 0.25) is 5.91 Å². The maximum atomic E-state index is 13.1. The molecule has 1 heterocycles. The molecule has 5 heteroatoms. The number of ether oxygens (including phenoxy) is 1. The number of piperidine rings is 1. The summed E-state index contributed by atoms with van der Waals surface area (Å²) in [7, 11) is 3.68. The minimum atomic E-state index is -0.00687. The van der Waals surface area contributed by atoms with E-state index in [2.05, 4.69) is 38.3 Å². The first-order valence-electron chi connectivity index (χ1n) is 8.80. The largest absolute Gasteiger partial charge is 0.385 e. The highest BCUT2D eigenvalue weighted by Gasteiger charge is 2.28. The number of hydrogen-bond donors (Lipinski definition) is 1. The Balaban J connectivity index is 2.04. The van der Waals surface area contributed by atoms with Crippen LogP contribution < -0.4 is 5.32 Å². The first-order valence-corrected chi connectivity index (χ1v) is 9.60. The topological polar surface area (TPSA) is 41.6 Å². The molecule has 134 valence electrons. The van der Waals surface area contributed by atoms with Gasteiger partial charge in [0.25, 0.3) is 0 Å². The van der Waals surface area contributed by atoms with Crippen LogP contribution in [0.15, 0.2) is 28.7 Å². The van der Waals surface area contributed by atoms with E-state index in [0.717, 1.165) is 43.4 Å². The highest BCUT2D eigenvalue weighted by molar-refractivity contribution is 9.10. The number of hydrogen-bond acceptors (Lipinski definition) is 3. The highest BCUT2D eigenvalue weighted by atomic mass is 79.9. The number of carbonyl (C=O) groups excluding carboxylic acids is 1. The van der Waals surface area contributed by atoms with Crippen LogP contribution in [0.3, 0.4) is 0 Å². The number of amides is 1. The molecule has 1 N–H and O–H groups in total. The van der Waals surface area contributed by atoms with Gasteiger partial charge >= 0.3 is 0 Å². The standard InChI is InChI=1S/C19H29BrN2O2/c1-21-13-16-6-4-9-22(14-16)19(23)17(8-10-24-2)11-15-5-3-7-18(20)12-15/h3,5,7,12,16-17,21H,4,6,8-11,13-14H2,1-2H3. The second-order valence-electron chi connectivity index (χ2n) is 6.66. The van der Waals surface area contributed by atoms with Gasteiger partial charge in [-0.3, -0.25) is 4.79 Å². The molecule has 0 aliphatic carbocycles. The molecular formula is C19H29BrN2O2. The Kier molecular flexibility index (Phi) is 8.22. The number of rotatable bonds is 8. The predicted octanol–water partition coefficient (Wildman–Crippen LogP) is 3.10. The maximum absolute atomic E-state index is 13.1. The van der Waals surface area contributed by atoms with Crippen molar-refractivity contribution in [3.05, 3.63) is 34.3 Å². The molecule has 0 radical (unpaired) electrons. The minimum absolute atomic E-state index is 0.00687. The molecule has 1 amide bonds. The Morgan fingerprint density at radius 2 is 2.33 bits per heavy atom. The van der Waals surface area contributed by atoms with Crippen LogP contribution in [0.4, 0.5) is 0 Å². The molecule has 4 nitrogen and oxygen atoms in total. The van der Waals surface area contributed by atoms with Gasteiger partial charge < -0.3 is 15.0 Å². The summed E-state index contributed by atoms with van der Waals surface area (Å²) in [4.78, 5) is 15.2. The quantitative estimate of drug-likeness (QED) is 0.733. The summed E-state index contributed by atoms with van der Waals surface area (Å²) >= 11 is 3.52. The summed E-state index contributed by atoms with van der Waals surface area (Å²) in [6.07, 6.45) is 3.86. The zero-order valence-electron chi connectivity index (χ0n) is 14.8. The molecule has 1 aromatic carbocycles. The van der Waals surface area contributed by atoms with Gasteiger partial charge in [-0.2, -0.15) is 0 Å². The number of methoxy groups -OCH3 is 1. The van der Waals surface area contributed by atoms with E-state index in [4.69, 9.17) is 4.74 Å². The molecule has 0 aromatic heterocycles. The van der Waals surface area contributed by atoms with E-state index < -0.39 is 0 Å². The molecule has 2 atom stereocenters. The number of carbonyl (C=O) groups is 1. The lowest BCUT2D eigenvalue weighted by molar-refractivity contribution is -0.138. The molecule has 2 unspecified atom stereocenters. The van der Waals surface area contributed by atoms with E-state index in [0.29, 0.717) is 12.5 Å². The Labute approximate surface area is 154 Å². The van der Waals surface area contributed by atoms with Crippen LogP contribution in [0.25, 0.3) is 0 Å². The van der Waals surface area contributed by atoms with Gasteiger partial charge in [-0.15, -0.1) is 0 Å². The fourth-order valence-electron chi connectivity index (χ4n) is 3.50. The van der Waals surface area contributed by atoms with Crippen LogP contribution >= 0.6 is 15.9 Å². The average Bonchev–Trinajstić information content (AvgIpc) is 2.58. The molecule has 1 aliphatic rings. The van der Waals surface area contributed by atoms with E-state index in [-0.39, 0.29) is 11.8 Å². The number of benzene rings is 1. The van der Waals surface area contributed by atoms with Gasteiger partial charge in [-0.25, -0.2) is 0 Å². The third kappa shape index (κ3) is 5.87. The van der Waals surface area contributed by atoms with Gasteiger partial charge in [0.15, 0.2) is 0 Å². The summed E-state index contributed by atoms with van der Waals surface area (Å²) in [5.41, 5.74) is 1.20. The van der Waals surface area contributed by atoms with Crippen LogP contribution in [0.2, 0.25) is 0 Å². The minimum Gasteiger partial charge on any atom is -0.385 e. The van der Waals surface area contributed by atoms with E-state index in [1.54, 1.807) is 7.11 Å². The lowest BCUT2D eigenvalue weighted by Gasteiger charge is -2.35. The van der Waals surface area contributed by atoms with Crippen molar-refractivity contribution in [2.24, 2.45) is 11.8 Å². The Morgan fingerprint density at radius 1 is 1.50 bits per heavy atom. The zero-order chi connectivity index (χ0) is 17.4. The molecule has 0 bridgehead atoms. The second kappa shape index (κ2) is 10.2. The van der Waals surface area contributed by atoms with Crippen molar-refractivity contribution in [3.63, 3.8) is 0 Å². The zero-order valence-corrected chi connectivity index (χ0v) is 16.3. The first-order chi connectivity index (χ1) is 11.6. The summed E-state index contributed by atoms with van der Waals surface area (Å²) in [6, 6.07) is 8.24. The van der Waals surface area contributed by atoms with Crippen molar-refractivity contribution < 1.29 is 9.53 Å². The third-order valence-corrected chi connectivity index (χ3v) is 5.21. The lowest BCUT2D eigenvalue weighted by Crippen LogP contribution is -2.45. The van der Waals surface area contributed by atoms with Crippen molar-refractivity contribution in [3.8, 4) is 0 Å². The summed E-state index contributed by atoms with van der Waals surface area (Å²) < 4.78 is 6.30. The van der Waals surface area contributed by atoms with E-state index in [9.17, 15) is 4.79 Å². The molecule has 1 fully saturated rings. The van der Waals surface area contributed by atoms with Crippen molar-refractivity contribution in [1.82, 2.24) is 10.2 Å². The Hall–Kier alpha value is -0.910. The monoisotopic (exact) mass is 396 g/mol. The molecule has 2 rings (SSSR count). The summed E-state index contributed by atoms with van der Waals surface area (Å²) in [5.74, 6) is 0.849. The molecule has 0 spiro atoms. The summed E-state index contributed by atoms with van der Waals surface area (Å²) in [5, 5.41) is 3.24. The predicted molar refractivity (Wildman–Crippen MR) is 101 cm³/mol. The van der Waals surface area contributed by atoms with Gasteiger partial charge in [0, 0.05) is 37.2 Å². The Bertz CT molecular complexity index is 522. The molecule has 1 saturated heterocycles. The maximum Gasteiger partial charge on any atom is 0.226 e. The molecule has 1 aromatic rings. The highest BCUT2D eigenvalue weighted by Crippen LogP contribution is 2.22. The number of nitrogens with one attached hydrogen (secondary N) is 1. The van der Waals surface area contributed by atoms with E-state index in [1.807, 2.05) is 19.2 Å². The smallest absolute Gasteiger partial charge is 0.226 e. The average molecular weight is 397 g/mol. The lowest BCUT2D eigenvalue weighted by atomic mass is 9.92. The normalized spacial score (nSPS) is 19.3. The number of nitrogens with zero attached hydrogens (tertiary/aromatic N) is 1. The van der Waals surface area contributed by atoms with Crippen LogP contribution in [0.5, 0.6) is 0 Å². The van der Waals surface area contributed by atoms with Crippen LogP contribution in [0, 0.1) is 11.8 Å². The van der Waals surface area contributed by atoms with Crippen LogP contribution in [0.1, 0.15) is 24.8 Å². The van der Waals surface area contributed by atoms with E-state index >= 15 is 0 Å². The number of halogens is 1. The fourth-order valence-corrected chi connectivity index (χ4v) is 3.95. The third-order valence-electron chi connectivity index (χ3n) is 4.71. The molecule has 24 heavy (non-hydrogen) atoms. The van der Waals surface area contributed by atoms with Gasteiger partial charge in [0.1, 0.15) is 0 Å². The van der Waals surface area contributed by atoms with Gasteiger partial charge in [0.05, 0.1) is 0 Å². The van der Waals surface area contributed by atoms with Crippen molar-refractivity contribution in [2.75, 3.05) is 40.4 Å². The summed E-state index contributed by atoms with van der Waals surface area (Å²) in [6.45, 7) is 3.37. The van der Waals surface area contributed by atoms with Gasteiger partial charge in [-0.05, 0) is 62.9 Å². The molecule has 1 aliphatic heterocycles. The molecular weight excluding hydrogens is 368 g/mol. The van der Waals surface area contributed by atoms with Gasteiger partial charge in [-0.1, -0.05) is 28.1 Å². The number of likely N-dealkylation sites (tertiary alicyclic amines) is 1. The first kappa shape index (κ1) is 19.4. The second-order valence-corrected chi connectivity index (χ2v) is 7.58. The van der Waals surface area contributed by atoms with Crippen molar-refractivity contribution in [2.45, 2.75) is 25.7 Å². The fraction of sp³-hybridized carbons (Fsp3) is 0.632. The van der Waals surface area contributed by atoms with Crippen molar-refractivity contribution in [1.29, 1.82) is 0 Å².